The second kappa shape index (κ2) is 13.1. The van der Waals surface area contributed by atoms with Gasteiger partial charge in [-0.2, -0.15) is 11.8 Å². The molecule has 0 aliphatic carbocycles. The van der Waals surface area contributed by atoms with Crippen molar-refractivity contribution in [2.45, 2.75) is 25.4 Å². The second-order valence-electron chi connectivity index (χ2n) is 5.97. The van der Waals surface area contributed by atoms with Crippen molar-refractivity contribution in [2.24, 2.45) is 5.73 Å². The van der Waals surface area contributed by atoms with Crippen molar-refractivity contribution in [1.29, 1.82) is 0 Å². The van der Waals surface area contributed by atoms with Crippen LogP contribution >= 0.6 is 48.2 Å². The summed E-state index contributed by atoms with van der Waals surface area (Å²) in [6, 6.07) is 7.62. The summed E-state index contributed by atoms with van der Waals surface area (Å²) in [4.78, 5) is 16.7. The number of hydrogen-bond acceptors (Lipinski definition) is 4. The Kier molecular flexibility index (Phi) is 13.0. The van der Waals surface area contributed by atoms with Crippen molar-refractivity contribution >= 4 is 54.1 Å². The number of nitrogens with two attached hydrogens (primary N) is 1. The Morgan fingerprint density at radius 3 is 2.52 bits per heavy atom. The molecule has 1 amide bonds. The summed E-state index contributed by atoms with van der Waals surface area (Å²) in [6.45, 7) is 4.37. The van der Waals surface area contributed by atoms with Gasteiger partial charge in [0.05, 0.1) is 6.04 Å². The van der Waals surface area contributed by atoms with Crippen LogP contribution in [0, 0.1) is 0 Å². The third-order valence-electron chi connectivity index (χ3n) is 4.17. The molecule has 1 fully saturated rings. The first-order valence-electron chi connectivity index (χ1n) is 8.10. The molecule has 0 saturated carbocycles. The van der Waals surface area contributed by atoms with Crippen LogP contribution in [0.5, 0.6) is 0 Å². The highest BCUT2D eigenvalue weighted by molar-refractivity contribution is 7.98. The Balaban J connectivity index is 0.00000288. The van der Waals surface area contributed by atoms with Crippen molar-refractivity contribution in [2.75, 3.05) is 38.2 Å². The van der Waals surface area contributed by atoms with Gasteiger partial charge in [0.2, 0.25) is 5.91 Å². The largest absolute Gasteiger partial charge is 0.340 e. The van der Waals surface area contributed by atoms with E-state index in [1.165, 1.54) is 5.56 Å². The Morgan fingerprint density at radius 1 is 1.20 bits per heavy atom. The van der Waals surface area contributed by atoms with Gasteiger partial charge in [-0.15, -0.1) is 24.8 Å². The van der Waals surface area contributed by atoms with E-state index in [0.29, 0.717) is 0 Å². The zero-order valence-electron chi connectivity index (χ0n) is 14.5. The average molecular weight is 429 g/mol. The van der Waals surface area contributed by atoms with Crippen LogP contribution in [0.15, 0.2) is 24.3 Å². The van der Waals surface area contributed by atoms with Gasteiger partial charge < -0.3 is 10.6 Å². The monoisotopic (exact) mass is 427 g/mol. The topological polar surface area (TPSA) is 49.6 Å². The highest BCUT2D eigenvalue weighted by Crippen LogP contribution is 2.13. The first kappa shape index (κ1) is 24.8. The maximum atomic E-state index is 12.4. The molecule has 1 heterocycles. The van der Waals surface area contributed by atoms with Gasteiger partial charge in [0, 0.05) is 37.7 Å². The van der Waals surface area contributed by atoms with E-state index in [9.17, 15) is 4.79 Å². The van der Waals surface area contributed by atoms with Crippen LogP contribution in [0.25, 0.3) is 0 Å². The third kappa shape index (κ3) is 8.37. The summed E-state index contributed by atoms with van der Waals surface area (Å²) in [5, 5.41) is 0.764. The molecule has 1 saturated heterocycles. The fraction of sp³-hybridized carbons (Fsp3) is 0.588. The summed E-state index contributed by atoms with van der Waals surface area (Å²) < 4.78 is 0. The van der Waals surface area contributed by atoms with Crippen LogP contribution in [0.2, 0.25) is 5.02 Å². The molecule has 0 unspecified atom stereocenters. The molecule has 1 aromatic carbocycles. The normalized spacial score (nSPS) is 16.4. The minimum absolute atomic E-state index is 0. The van der Waals surface area contributed by atoms with Gasteiger partial charge in [-0.25, -0.2) is 0 Å². The van der Waals surface area contributed by atoms with Crippen LogP contribution in [0.1, 0.15) is 18.4 Å². The molecule has 2 N–H and O–H groups in total. The van der Waals surface area contributed by atoms with Gasteiger partial charge in [0.1, 0.15) is 0 Å². The fourth-order valence-electron chi connectivity index (χ4n) is 2.80. The lowest BCUT2D eigenvalue weighted by molar-refractivity contribution is -0.132. The Labute approximate surface area is 172 Å². The molecule has 0 radical (unpaired) electrons. The van der Waals surface area contributed by atoms with E-state index in [0.717, 1.165) is 56.3 Å². The molecule has 0 aromatic heterocycles. The van der Waals surface area contributed by atoms with E-state index in [2.05, 4.69) is 17.0 Å². The number of rotatable bonds is 6. The minimum atomic E-state index is -0.356. The molecular weight excluding hydrogens is 401 g/mol. The zero-order chi connectivity index (χ0) is 16.7. The summed E-state index contributed by atoms with van der Waals surface area (Å²) in [7, 11) is 0. The molecule has 4 nitrogen and oxygen atoms in total. The molecule has 0 bridgehead atoms. The number of carbonyl (C=O) groups excluding carboxylic acids is 1. The van der Waals surface area contributed by atoms with Crippen molar-refractivity contribution in [1.82, 2.24) is 9.80 Å². The van der Waals surface area contributed by atoms with Crippen LogP contribution in [-0.4, -0.2) is 59.9 Å². The van der Waals surface area contributed by atoms with Crippen LogP contribution < -0.4 is 5.73 Å². The van der Waals surface area contributed by atoms with Gasteiger partial charge >= 0.3 is 0 Å². The van der Waals surface area contributed by atoms with Gasteiger partial charge in [-0.1, -0.05) is 23.7 Å². The number of hydrogen-bond donors (Lipinski definition) is 1. The first-order valence-corrected chi connectivity index (χ1v) is 9.87. The molecule has 144 valence electrons. The SMILES string of the molecule is CSCC[C@H](N)C(=O)N1CCCN(Cc2ccc(Cl)cc2)CC1.Cl.Cl. The third-order valence-corrected chi connectivity index (χ3v) is 5.07. The Morgan fingerprint density at radius 2 is 1.88 bits per heavy atom. The summed E-state index contributed by atoms with van der Waals surface area (Å²) >= 11 is 7.66. The average Bonchev–Trinajstić information content (AvgIpc) is 2.79. The molecule has 1 aliphatic heterocycles. The van der Waals surface area contributed by atoms with E-state index < -0.39 is 0 Å². The van der Waals surface area contributed by atoms with Gasteiger partial charge in [0.15, 0.2) is 0 Å². The van der Waals surface area contributed by atoms with Gasteiger partial charge in [-0.3, -0.25) is 9.69 Å². The Hall–Kier alpha value is -0.170. The van der Waals surface area contributed by atoms with Crippen molar-refractivity contribution in [3.63, 3.8) is 0 Å². The maximum absolute atomic E-state index is 12.4. The lowest BCUT2D eigenvalue weighted by Crippen LogP contribution is -2.45. The number of carbonyl (C=O) groups is 1. The standard InChI is InChI=1S/C17H26ClN3OS.2ClH/c1-23-12-7-16(19)17(22)21-9-2-8-20(10-11-21)13-14-3-5-15(18)6-4-14;;/h3-6,16H,2,7-13,19H2,1H3;2*1H/t16-;;/m0../s1. The van der Waals surface area contributed by atoms with Crippen molar-refractivity contribution < 1.29 is 4.79 Å². The van der Waals surface area contributed by atoms with Crippen molar-refractivity contribution in [3.05, 3.63) is 34.9 Å². The summed E-state index contributed by atoms with van der Waals surface area (Å²) in [5.41, 5.74) is 7.28. The van der Waals surface area contributed by atoms with Crippen LogP contribution in [0.4, 0.5) is 0 Å². The van der Waals surface area contributed by atoms with E-state index in [1.54, 1.807) is 11.8 Å². The zero-order valence-corrected chi connectivity index (χ0v) is 17.7. The number of benzene rings is 1. The highest BCUT2D eigenvalue weighted by Gasteiger charge is 2.23. The van der Waals surface area contributed by atoms with E-state index in [4.69, 9.17) is 17.3 Å². The first-order chi connectivity index (χ1) is 11.1. The predicted molar refractivity (Wildman–Crippen MR) is 113 cm³/mol. The molecule has 0 spiro atoms. The van der Waals surface area contributed by atoms with Crippen LogP contribution in [-0.2, 0) is 11.3 Å². The lowest BCUT2D eigenvalue weighted by Gasteiger charge is -2.24. The maximum Gasteiger partial charge on any atom is 0.239 e. The van der Waals surface area contributed by atoms with Gasteiger partial charge in [-0.05, 0) is 42.5 Å². The number of amides is 1. The molecule has 1 aromatic rings. The Bertz CT molecular complexity index is 504. The molecule has 25 heavy (non-hydrogen) atoms. The van der Waals surface area contributed by atoms with Gasteiger partial charge in [0.25, 0.3) is 0 Å². The van der Waals surface area contributed by atoms with E-state index >= 15 is 0 Å². The number of thioether (sulfide) groups is 1. The highest BCUT2D eigenvalue weighted by atomic mass is 35.5. The quantitative estimate of drug-likeness (QED) is 0.755. The molecular formula is C17H28Cl3N3OS. The predicted octanol–water partition coefficient (Wildman–Crippen LogP) is 3.30. The minimum Gasteiger partial charge on any atom is -0.340 e. The summed E-state index contributed by atoms with van der Waals surface area (Å²) in [6.07, 6.45) is 3.79. The number of nitrogens with zero attached hydrogens (tertiary/aromatic N) is 2. The molecule has 2 rings (SSSR count). The smallest absolute Gasteiger partial charge is 0.239 e. The number of halogens is 3. The van der Waals surface area contributed by atoms with E-state index in [-0.39, 0.29) is 36.8 Å². The fourth-order valence-corrected chi connectivity index (χ4v) is 3.42. The molecule has 1 aliphatic rings. The molecule has 8 heteroatoms. The summed E-state index contributed by atoms with van der Waals surface area (Å²) in [5.74, 6) is 1.04. The van der Waals surface area contributed by atoms with Crippen LogP contribution in [0.3, 0.4) is 0 Å². The van der Waals surface area contributed by atoms with E-state index in [1.807, 2.05) is 23.3 Å². The van der Waals surface area contributed by atoms with Crippen molar-refractivity contribution in [3.8, 4) is 0 Å². The second-order valence-corrected chi connectivity index (χ2v) is 7.39. The molecule has 1 atom stereocenters. The lowest BCUT2D eigenvalue weighted by atomic mass is 10.2.